The van der Waals surface area contributed by atoms with Crippen molar-refractivity contribution in [2.75, 3.05) is 7.05 Å². The molecule has 2 nitrogen and oxygen atoms in total. The van der Waals surface area contributed by atoms with Crippen LogP contribution < -0.4 is 5.32 Å². The van der Waals surface area contributed by atoms with Crippen molar-refractivity contribution in [3.05, 3.63) is 62.8 Å². The van der Waals surface area contributed by atoms with Crippen LogP contribution in [0.5, 0.6) is 0 Å². The lowest BCUT2D eigenvalue weighted by Gasteiger charge is -2.17. The number of halogens is 4. The number of hydrogen-bond donors (Lipinski definition) is 1. The number of likely N-dealkylation sites (N-methyl/N-ethyl adjacent to an activating group) is 1. The van der Waals surface area contributed by atoms with E-state index in [1.54, 1.807) is 19.2 Å². The maximum Gasteiger partial charge on any atom is 0.143 e. The molecule has 1 atom stereocenters. The topological polar surface area (TPSA) is 24.9 Å². The van der Waals surface area contributed by atoms with E-state index in [4.69, 9.17) is 11.6 Å². The van der Waals surface area contributed by atoms with Crippen LogP contribution in [0, 0.1) is 11.6 Å². The summed E-state index contributed by atoms with van der Waals surface area (Å²) in [6.07, 6.45) is 1.66. The summed E-state index contributed by atoms with van der Waals surface area (Å²) >= 11 is 8.84. The van der Waals surface area contributed by atoms with Gasteiger partial charge < -0.3 is 5.32 Å². The summed E-state index contributed by atoms with van der Waals surface area (Å²) in [5.74, 6) is -1.15. The molecular weight excluding hydrogens is 350 g/mol. The van der Waals surface area contributed by atoms with Gasteiger partial charge >= 0.3 is 0 Å². The molecule has 2 rings (SSSR count). The molecule has 1 aromatic carbocycles. The number of aromatic nitrogens is 1. The molecule has 0 aliphatic rings. The van der Waals surface area contributed by atoms with Crippen molar-refractivity contribution in [2.24, 2.45) is 0 Å². The Bertz CT molecular complexity index is 605. The van der Waals surface area contributed by atoms with Crippen molar-refractivity contribution in [2.45, 2.75) is 12.5 Å². The van der Waals surface area contributed by atoms with Crippen LogP contribution in [0.15, 0.2) is 34.9 Å². The van der Waals surface area contributed by atoms with Crippen LogP contribution in [0.4, 0.5) is 8.78 Å². The molecule has 2 aromatic rings. The molecule has 0 spiro atoms. The summed E-state index contributed by atoms with van der Waals surface area (Å²) in [4.78, 5) is 4.18. The van der Waals surface area contributed by atoms with Gasteiger partial charge in [0.15, 0.2) is 0 Å². The molecule has 1 aromatic heterocycles. The van der Waals surface area contributed by atoms with Crippen LogP contribution >= 0.6 is 27.5 Å². The number of hydrogen-bond acceptors (Lipinski definition) is 2. The Morgan fingerprint density at radius 2 is 2.05 bits per heavy atom. The second kappa shape index (κ2) is 6.61. The minimum atomic E-state index is -0.584. The van der Waals surface area contributed by atoms with Crippen molar-refractivity contribution in [1.82, 2.24) is 10.3 Å². The van der Waals surface area contributed by atoms with E-state index in [9.17, 15) is 8.78 Å². The first-order chi connectivity index (χ1) is 9.52. The zero-order chi connectivity index (χ0) is 14.7. The largest absolute Gasteiger partial charge is 0.311 e. The molecule has 0 aliphatic carbocycles. The molecule has 0 saturated heterocycles. The van der Waals surface area contributed by atoms with E-state index < -0.39 is 11.6 Å². The first-order valence-corrected chi connectivity index (χ1v) is 7.11. The van der Waals surface area contributed by atoms with Crippen molar-refractivity contribution >= 4 is 27.5 Å². The summed E-state index contributed by atoms with van der Waals surface area (Å²) in [5.41, 5.74) is 0.700. The first-order valence-electron chi connectivity index (χ1n) is 5.94. The lowest BCUT2D eigenvalue weighted by Crippen LogP contribution is -2.21. The number of rotatable bonds is 4. The van der Waals surface area contributed by atoms with Crippen molar-refractivity contribution in [3.8, 4) is 0 Å². The molecule has 0 fully saturated rings. The number of nitrogens with zero attached hydrogens (tertiary/aromatic N) is 1. The van der Waals surface area contributed by atoms with E-state index in [1.807, 2.05) is 0 Å². The fourth-order valence-electron chi connectivity index (χ4n) is 1.91. The smallest absolute Gasteiger partial charge is 0.143 e. The molecule has 1 heterocycles. The minimum Gasteiger partial charge on any atom is -0.311 e. The van der Waals surface area contributed by atoms with Crippen LogP contribution in [0.1, 0.15) is 17.3 Å². The van der Waals surface area contributed by atoms with Gasteiger partial charge in [0.05, 0.1) is 21.2 Å². The Morgan fingerprint density at radius 3 is 2.65 bits per heavy atom. The number of benzene rings is 1. The second-order valence-electron chi connectivity index (χ2n) is 4.27. The summed E-state index contributed by atoms with van der Waals surface area (Å²) < 4.78 is 28.0. The van der Waals surface area contributed by atoms with Gasteiger partial charge in [-0.1, -0.05) is 11.6 Å². The van der Waals surface area contributed by atoms with E-state index in [0.29, 0.717) is 10.7 Å². The summed E-state index contributed by atoms with van der Waals surface area (Å²) in [6.45, 7) is 0. The van der Waals surface area contributed by atoms with E-state index in [0.717, 1.165) is 0 Å². The Morgan fingerprint density at radius 1 is 1.30 bits per heavy atom. The monoisotopic (exact) mass is 360 g/mol. The fourth-order valence-corrected chi connectivity index (χ4v) is 2.39. The molecule has 1 unspecified atom stereocenters. The zero-order valence-electron chi connectivity index (χ0n) is 10.6. The van der Waals surface area contributed by atoms with Gasteiger partial charge in [-0.05, 0) is 53.7 Å². The van der Waals surface area contributed by atoms with E-state index in [-0.39, 0.29) is 22.5 Å². The van der Waals surface area contributed by atoms with Crippen LogP contribution in [0.25, 0.3) is 0 Å². The van der Waals surface area contributed by atoms with Gasteiger partial charge in [0, 0.05) is 11.8 Å². The fraction of sp³-hybridized carbons (Fsp3) is 0.214. The van der Waals surface area contributed by atoms with Gasteiger partial charge in [0.2, 0.25) is 0 Å². The average molecular weight is 362 g/mol. The van der Waals surface area contributed by atoms with Crippen molar-refractivity contribution in [1.29, 1.82) is 0 Å². The zero-order valence-corrected chi connectivity index (χ0v) is 13.0. The highest BCUT2D eigenvalue weighted by Crippen LogP contribution is 2.26. The molecule has 0 aliphatic heterocycles. The molecular formula is C14H12BrClF2N2. The Kier molecular flexibility index (Phi) is 5.07. The molecule has 6 heteroatoms. The normalized spacial score (nSPS) is 12.4. The summed E-state index contributed by atoms with van der Waals surface area (Å²) in [5, 5.41) is 3.52. The Balaban J connectivity index is 2.31. The number of pyridine rings is 1. The van der Waals surface area contributed by atoms with Gasteiger partial charge in [0.25, 0.3) is 0 Å². The lowest BCUT2D eigenvalue weighted by molar-refractivity contribution is 0.507. The third kappa shape index (κ3) is 3.34. The van der Waals surface area contributed by atoms with Gasteiger partial charge in [-0.2, -0.15) is 0 Å². The molecule has 0 radical (unpaired) electrons. The minimum absolute atomic E-state index is 0.0236. The average Bonchev–Trinajstić information content (AvgIpc) is 2.45. The maximum atomic E-state index is 14.0. The van der Waals surface area contributed by atoms with Gasteiger partial charge in [-0.3, -0.25) is 4.98 Å². The number of nitrogens with one attached hydrogen (secondary N) is 1. The third-order valence-electron chi connectivity index (χ3n) is 3.00. The molecule has 20 heavy (non-hydrogen) atoms. The highest BCUT2D eigenvalue weighted by Gasteiger charge is 2.19. The molecule has 0 saturated carbocycles. The third-order valence-corrected chi connectivity index (χ3v) is 3.84. The molecule has 0 amide bonds. The van der Waals surface area contributed by atoms with Gasteiger partial charge in [-0.25, -0.2) is 8.78 Å². The van der Waals surface area contributed by atoms with Crippen molar-refractivity contribution in [3.63, 3.8) is 0 Å². The van der Waals surface area contributed by atoms with E-state index >= 15 is 0 Å². The van der Waals surface area contributed by atoms with E-state index in [1.165, 1.54) is 18.3 Å². The molecule has 106 valence electrons. The standard InChI is InChI=1S/C14H12BrClF2N2/c1-19-13(12-5-2-8(16)7-20-12)6-9-11(17)4-3-10(15)14(9)18/h2-5,7,13,19H,6H2,1H3. The quantitative estimate of drug-likeness (QED) is 0.822. The van der Waals surface area contributed by atoms with Crippen molar-refractivity contribution < 1.29 is 8.78 Å². The lowest BCUT2D eigenvalue weighted by atomic mass is 10.0. The predicted octanol–water partition coefficient (Wildman–Crippen LogP) is 4.28. The highest BCUT2D eigenvalue weighted by molar-refractivity contribution is 9.10. The molecule has 0 bridgehead atoms. The highest BCUT2D eigenvalue weighted by atomic mass is 79.9. The Hall–Kier alpha value is -1.04. The van der Waals surface area contributed by atoms with Gasteiger partial charge in [0.1, 0.15) is 11.6 Å². The second-order valence-corrected chi connectivity index (χ2v) is 5.56. The summed E-state index contributed by atoms with van der Waals surface area (Å²) in [6, 6.07) is 5.72. The van der Waals surface area contributed by atoms with Crippen LogP contribution in [0.3, 0.4) is 0 Å². The predicted molar refractivity (Wildman–Crippen MR) is 78.8 cm³/mol. The molecule has 1 N–H and O–H groups in total. The Labute approximate surface area is 129 Å². The van der Waals surface area contributed by atoms with Crippen LogP contribution in [-0.2, 0) is 6.42 Å². The summed E-state index contributed by atoms with van der Waals surface area (Å²) in [7, 11) is 1.72. The van der Waals surface area contributed by atoms with Crippen LogP contribution in [0.2, 0.25) is 5.02 Å². The first kappa shape index (κ1) is 15.4. The SMILES string of the molecule is CNC(Cc1c(F)ccc(Br)c1F)c1ccc(Cl)cn1. The van der Waals surface area contributed by atoms with Gasteiger partial charge in [-0.15, -0.1) is 0 Å². The van der Waals surface area contributed by atoms with Crippen LogP contribution in [-0.4, -0.2) is 12.0 Å². The maximum absolute atomic E-state index is 14.0. The van der Waals surface area contributed by atoms with E-state index in [2.05, 4.69) is 26.2 Å².